The van der Waals surface area contributed by atoms with Crippen LogP contribution in [-0.2, 0) is 13.0 Å². The Morgan fingerprint density at radius 1 is 1.18 bits per heavy atom. The number of nitrogens with zero attached hydrogens (tertiary/aromatic N) is 3. The van der Waals surface area contributed by atoms with E-state index >= 15 is 0 Å². The molecule has 0 fully saturated rings. The van der Waals surface area contributed by atoms with Crippen LogP contribution in [0.4, 0.5) is 10.8 Å². The van der Waals surface area contributed by atoms with Gasteiger partial charge in [0, 0.05) is 25.2 Å². The molecule has 0 saturated heterocycles. The number of aromatic nitrogens is 1. The molecule has 3 aromatic rings. The van der Waals surface area contributed by atoms with Gasteiger partial charge in [-0.15, -0.1) is 0 Å². The molecular formula is C16H13N3O2S. The zero-order valence-corrected chi connectivity index (χ0v) is 12.5. The zero-order chi connectivity index (χ0) is 15.1. The smallest absolute Gasteiger partial charge is 0.270 e. The molecule has 110 valence electrons. The summed E-state index contributed by atoms with van der Waals surface area (Å²) < 4.78 is 0.864. The minimum absolute atomic E-state index is 0.117. The number of nitro groups is 1. The zero-order valence-electron chi connectivity index (χ0n) is 11.7. The molecule has 2 heterocycles. The quantitative estimate of drug-likeness (QED) is 0.534. The van der Waals surface area contributed by atoms with Gasteiger partial charge in [0.1, 0.15) is 0 Å². The van der Waals surface area contributed by atoms with E-state index in [9.17, 15) is 10.1 Å². The number of non-ortho nitro benzene ring substituents is 1. The Morgan fingerprint density at radius 2 is 2.00 bits per heavy atom. The minimum atomic E-state index is -0.365. The molecule has 1 aromatic heterocycles. The van der Waals surface area contributed by atoms with E-state index in [4.69, 9.17) is 0 Å². The van der Waals surface area contributed by atoms with Gasteiger partial charge < -0.3 is 4.90 Å². The predicted octanol–water partition coefficient (Wildman–Crippen LogP) is 3.77. The molecule has 0 N–H and O–H groups in total. The first kappa shape index (κ1) is 13.2. The van der Waals surface area contributed by atoms with Crippen LogP contribution in [0.2, 0.25) is 0 Å². The second kappa shape index (κ2) is 5.06. The van der Waals surface area contributed by atoms with Crippen LogP contribution in [0.3, 0.4) is 0 Å². The summed E-state index contributed by atoms with van der Waals surface area (Å²) in [5, 5.41) is 11.8. The van der Waals surface area contributed by atoms with Crippen molar-refractivity contribution in [1.82, 2.24) is 4.98 Å². The summed E-state index contributed by atoms with van der Waals surface area (Å²) in [4.78, 5) is 17.4. The third-order valence-corrected chi connectivity index (χ3v) is 5.05. The van der Waals surface area contributed by atoms with Gasteiger partial charge in [0.2, 0.25) is 0 Å². The summed E-state index contributed by atoms with van der Waals surface area (Å²) in [7, 11) is 0. The van der Waals surface area contributed by atoms with Gasteiger partial charge in [0.15, 0.2) is 5.13 Å². The molecule has 0 unspecified atom stereocenters. The number of rotatable bonds is 2. The molecule has 0 spiro atoms. The lowest BCUT2D eigenvalue weighted by Gasteiger charge is -2.28. The molecule has 5 nitrogen and oxygen atoms in total. The molecule has 1 aliphatic rings. The molecule has 22 heavy (non-hydrogen) atoms. The van der Waals surface area contributed by atoms with Crippen LogP contribution in [0.15, 0.2) is 42.5 Å². The van der Waals surface area contributed by atoms with E-state index < -0.39 is 0 Å². The molecule has 0 amide bonds. The topological polar surface area (TPSA) is 59.3 Å². The van der Waals surface area contributed by atoms with Gasteiger partial charge in [0.05, 0.1) is 15.1 Å². The maximum Gasteiger partial charge on any atom is 0.270 e. The monoisotopic (exact) mass is 311 g/mol. The highest BCUT2D eigenvalue weighted by atomic mass is 32.1. The lowest BCUT2D eigenvalue weighted by molar-refractivity contribution is -0.384. The van der Waals surface area contributed by atoms with Crippen LogP contribution in [0, 0.1) is 10.1 Å². The number of anilines is 1. The molecule has 2 aromatic carbocycles. The van der Waals surface area contributed by atoms with Crippen LogP contribution in [0.5, 0.6) is 0 Å². The number of nitro benzene ring substituents is 1. The molecule has 0 saturated carbocycles. The number of thiazole rings is 1. The van der Waals surface area contributed by atoms with Crippen LogP contribution < -0.4 is 4.90 Å². The van der Waals surface area contributed by atoms with Crippen LogP contribution in [0.25, 0.3) is 10.2 Å². The second-order valence-corrected chi connectivity index (χ2v) is 6.35. The second-order valence-electron chi connectivity index (χ2n) is 5.35. The van der Waals surface area contributed by atoms with E-state index in [0.717, 1.165) is 34.9 Å². The first-order valence-electron chi connectivity index (χ1n) is 7.07. The summed E-state index contributed by atoms with van der Waals surface area (Å²) in [6.07, 6.45) is 1.01. The first-order valence-corrected chi connectivity index (χ1v) is 7.89. The van der Waals surface area contributed by atoms with Crippen LogP contribution >= 0.6 is 11.3 Å². The Bertz CT molecular complexity index is 875. The fourth-order valence-corrected chi connectivity index (χ4v) is 3.83. The van der Waals surface area contributed by atoms with Crippen molar-refractivity contribution < 1.29 is 4.92 Å². The van der Waals surface area contributed by atoms with Gasteiger partial charge in [-0.3, -0.25) is 10.1 Å². The van der Waals surface area contributed by atoms with Gasteiger partial charge in [-0.1, -0.05) is 35.6 Å². The Morgan fingerprint density at radius 3 is 2.82 bits per heavy atom. The first-order chi connectivity index (χ1) is 10.7. The fraction of sp³-hybridized carbons (Fsp3) is 0.188. The van der Waals surface area contributed by atoms with E-state index in [1.807, 2.05) is 0 Å². The maximum absolute atomic E-state index is 10.9. The van der Waals surface area contributed by atoms with Crippen molar-refractivity contribution in [2.45, 2.75) is 13.0 Å². The molecule has 0 radical (unpaired) electrons. The third-order valence-electron chi connectivity index (χ3n) is 3.97. The highest BCUT2D eigenvalue weighted by Crippen LogP contribution is 2.33. The maximum atomic E-state index is 10.9. The van der Waals surface area contributed by atoms with E-state index in [1.165, 1.54) is 28.5 Å². The van der Waals surface area contributed by atoms with Crippen LogP contribution in [0.1, 0.15) is 11.1 Å². The van der Waals surface area contributed by atoms with Gasteiger partial charge in [0.25, 0.3) is 5.69 Å². The number of hydrogen-bond donors (Lipinski definition) is 0. The van der Waals surface area contributed by atoms with Gasteiger partial charge >= 0.3 is 0 Å². The molecule has 0 bridgehead atoms. The van der Waals surface area contributed by atoms with Crippen molar-refractivity contribution in [3.05, 3.63) is 63.7 Å². The SMILES string of the molecule is O=[N+]([O-])c1ccc2nc(N3CCc4ccccc4C3)sc2c1. The summed E-state index contributed by atoms with van der Waals surface area (Å²) in [5.41, 5.74) is 3.67. The fourth-order valence-electron chi connectivity index (χ4n) is 2.81. The van der Waals surface area contributed by atoms with E-state index in [0.29, 0.717) is 0 Å². The minimum Gasteiger partial charge on any atom is -0.343 e. The molecule has 1 aliphatic heterocycles. The summed E-state index contributed by atoms with van der Waals surface area (Å²) in [5.74, 6) is 0. The average molecular weight is 311 g/mol. The number of benzene rings is 2. The summed E-state index contributed by atoms with van der Waals surface area (Å²) in [6, 6.07) is 13.3. The Balaban J connectivity index is 1.69. The molecular weight excluding hydrogens is 298 g/mol. The highest BCUT2D eigenvalue weighted by molar-refractivity contribution is 7.22. The highest BCUT2D eigenvalue weighted by Gasteiger charge is 2.19. The normalized spacial score (nSPS) is 14.1. The van der Waals surface area contributed by atoms with E-state index in [2.05, 4.69) is 34.1 Å². The average Bonchev–Trinajstić information content (AvgIpc) is 2.97. The van der Waals surface area contributed by atoms with Gasteiger partial charge in [-0.05, 0) is 23.6 Å². The van der Waals surface area contributed by atoms with Crippen molar-refractivity contribution in [2.75, 3.05) is 11.4 Å². The Labute approximate surface area is 131 Å². The lowest BCUT2D eigenvalue weighted by Crippen LogP contribution is -2.30. The number of hydrogen-bond acceptors (Lipinski definition) is 5. The van der Waals surface area contributed by atoms with Crippen LogP contribution in [-0.4, -0.2) is 16.5 Å². The Hall–Kier alpha value is -2.47. The van der Waals surface area contributed by atoms with Crippen molar-refractivity contribution in [1.29, 1.82) is 0 Å². The van der Waals surface area contributed by atoms with Crippen molar-refractivity contribution in [3.63, 3.8) is 0 Å². The number of fused-ring (bicyclic) bond motifs is 2. The largest absolute Gasteiger partial charge is 0.343 e. The van der Waals surface area contributed by atoms with Gasteiger partial charge in [-0.25, -0.2) is 4.98 Å². The third kappa shape index (κ3) is 2.21. The Kier molecular flexibility index (Phi) is 3.04. The molecule has 6 heteroatoms. The predicted molar refractivity (Wildman–Crippen MR) is 87.5 cm³/mol. The summed E-state index contributed by atoms with van der Waals surface area (Å²) >= 11 is 1.52. The summed E-state index contributed by atoms with van der Waals surface area (Å²) in [6.45, 7) is 1.77. The lowest BCUT2D eigenvalue weighted by atomic mass is 10.0. The molecule has 0 atom stereocenters. The van der Waals surface area contributed by atoms with Crippen molar-refractivity contribution in [2.24, 2.45) is 0 Å². The standard InChI is InChI=1S/C16H13N3O2S/c20-19(21)13-5-6-14-15(9-13)22-16(17-14)18-8-7-11-3-1-2-4-12(11)10-18/h1-6,9H,7-8,10H2. The van der Waals surface area contributed by atoms with E-state index in [-0.39, 0.29) is 10.6 Å². The van der Waals surface area contributed by atoms with Crippen molar-refractivity contribution >= 4 is 32.4 Å². The van der Waals surface area contributed by atoms with Crippen molar-refractivity contribution in [3.8, 4) is 0 Å². The van der Waals surface area contributed by atoms with E-state index in [1.54, 1.807) is 12.1 Å². The van der Waals surface area contributed by atoms with Gasteiger partial charge in [-0.2, -0.15) is 0 Å². The molecule has 4 rings (SSSR count). The molecule has 0 aliphatic carbocycles.